The molecule has 4 nitrogen and oxygen atoms in total. The van der Waals surface area contributed by atoms with Gasteiger partial charge in [-0.15, -0.1) is 0 Å². The Labute approximate surface area is 139 Å². The number of nitrogens with one attached hydrogen (secondary N) is 1. The third-order valence-corrected chi connectivity index (χ3v) is 3.63. The maximum absolute atomic E-state index is 13.1. The monoisotopic (exact) mass is 327 g/mol. The first-order valence-corrected chi connectivity index (χ1v) is 7.80. The molecule has 0 bridgehead atoms. The van der Waals surface area contributed by atoms with Crippen molar-refractivity contribution in [3.05, 3.63) is 71.7 Å². The first-order chi connectivity index (χ1) is 11.7. The number of rotatable bonds is 5. The minimum atomic E-state index is -0.285. The third-order valence-electron chi connectivity index (χ3n) is 3.63. The summed E-state index contributed by atoms with van der Waals surface area (Å²) in [6, 6.07) is 13.6. The molecular weight excluding hydrogens is 309 g/mol. The zero-order valence-electron chi connectivity index (χ0n) is 13.1. The Morgan fingerprint density at radius 1 is 1.12 bits per heavy atom. The Balaban J connectivity index is 1.53. The summed E-state index contributed by atoms with van der Waals surface area (Å²) in [5, 5.41) is 2.83. The van der Waals surface area contributed by atoms with E-state index in [0.29, 0.717) is 37.5 Å². The Hall–Kier alpha value is -2.82. The van der Waals surface area contributed by atoms with Gasteiger partial charge in [-0.25, -0.2) is 4.39 Å². The lowest BCUT2D eigenvalue weighted by molar-refractivity contribution is -0.116. The summed E-state index contributed by atoms with van der Waals surface area (Å²) in [5.74, 6) is 0.292. The van der Waals surface area contributed by atoms with E-state index >= 15 is 0 Å². The average Bonchev–Trinajstić information content (AvgIpc) is 2.61. The Morgan fingerprint density at radius 2 is 1.96 bits per heavy atom. The Morgan fingerprint density at radius 3 is 2.67 bits per heavy atom. The van der Waals surface area contributed by atoms with Crippen molar-refractivity contribution in [3.63, 3.8) is 0 Å². The lowest BCUT2D eigenvalue weighted by Gasteiger charge is -2.15. The van der Waals surface area contributed by atoms with Crippen LogP contribution < -0.4 is 5.32 Å². The largest absolute Gasteiger partial charge is 0.494 e. The quantitative estimate of drug-likeness (QED) is 0.910. The predicted molar refractivity (Wildman–Crippen MR) is 89.7 cm³/mol. The number of carbonyl (C=O) groups is 1. The molecule has 0 spiro atoms. The fourth-order valence-electron chi connectivity index (χ4n) is 2.41. The van der Waals surface area contributed by atoms with Gasteiger partial charge in [-0.3, -0.25) is 4.79 Å². The van der Waals surface area contributed by atoms with Gasteiger partial charge in [0.15, 0.2) is 5.76 Å². The van der Waals surface area contributed by atoms with E-state index < -0.39 is 0 Å². The molecule has 2 aromatic rings. The van der Waals surface area contributed by atoms with Gasteiger partial charge in [0.1, 0.15) is 25.3 Å². The topological polar surface area (TPSA) is 47.6 Å². The fourth-order valence-corrected chi connectivity index (χ4v) is 2.41. The number of benzene rings is 2. The molecule has 0 unspecified atom stereocenters. The maximum Gasteiger partial charge on any atom is 0.224 e. The minimum Gasteiger partial charge on any atom is -0.494 e. The Bertz CT molecular complexity index is 741. The molecule has 1 aliphatic heterocycles. The number of amides is 1. The molecule has 3 rings (SSSR count). The molecular formula is C19H18FNO3. The standard InChI is InChI=1S/C19H18FNO3/c20-16-3-1-2-14(12-16)4-9-19(22)21-17-7-5-15(6-8-17)18-13-23-10-11-24-18/h1-3,5-8,12-13H,4,9-11H2,(H,21,22). The van der Waals surface area contributed by atoms with Crippen LogP contribution in [0, 0.1) is 5.82 Å². The van der Waals surface area contributed by atoms with Gasteiger partial charge in [0.05, 0.1) is 0 Å². The van der Waals surface area contributed by atoms with Crippen LogP contribution >= 0.6 is 0 Å². The van der Waals surface area contributed by atoms with Crippen molar-refractivity contribution < 1.29 is 18.7 Å². The number of hydrogen-bond acceptors (Lipinski definition) is 3. The zero-order chi connectivity index (χ0) is 16.8. The molecule has 24 heavy (non-hydrogen) atoms. The molecule has 0 saturated carbocycles. The van der Waals surface area contributed by atoms with E-state index in [0.717, 1.165) is 11.1 Å². The highest BCUT2D eigenvalue weighted by molar-refractivity contribution is 5.91. The van der Waals surface area contributed by atoms with E-state index in [2.05, 4.69) is 5.32 Å². The molecule has 0 atom stereocenters. The number of aryl methyl sites for hydroxylation is 1. The van der Waals surface area contributed by atoms with Gasteiger partial charge in [-0.1, -0.05) is 12.1 Å². The van der Waals surface area contributed by atoms with Crippen LogP contribution in [0.1, 0.15) is 17.5 Å². The van der Waals surface area contributed by atoms with Crippen LogP contribution in [0.2, 0.25) is 0 Å². The van der Waals surface area contributed by atoms with Gasteiger partial charge >= 0.3 is 0 Å². The van der Waals surface area contributed by atoms with Crippen LogP contribution in [-0.4, -0.2) is 19.1 Å². The second-order valence-electron chi connectivity index (χ2n) is 5.46. The predicted octanol–water partition coefficient (Wildman–Crippen LogP) is 3.74. The van der Waals surface area contributed by atoms with E-state index in [9.17, 15) is 9.18 Å². The van der Waals surface area contributed by atoms with Crippen LogP contribution in [0.3, 0.4) is 0 Å². The third kappa shape index (κ3) is 4.35. The van der Waals surface area contributed by atoms with Crippen LogP contribution in [0.15, 0.2) is 54.8 Å². The van der Waals surface area contributed by atoms with Crippen molar-refractivity contribution in [2.75, 3.05) is 18.5 Å². The molecule has 0 radical (unpaired) electrons. The molecule has 0 fully saturated rings. The first-order valence-electron chi connectivity index (χ1n) is 7.80. The highest BCUT2D eigenvalue weighted by atomic mass is 19.1. The van der Waals surface area contributed by atoms with Crippen LogP contribution in [-0.2, 0) is 20.7 Å². The molecule has 1 heterocycles. The van der Waals surface area contributed by atoms with Crippen LogP contribution in [0.25, 0.3) is 5.76 Å². The summed E-state index contributed by atoms with van der Waals surface area (Å²) < 4.78 is 23.8. The van der Waals surface area contributed by atoms with Crippen LogP contribution in [0.4, 0.5) is 10.1 Å². The van der Waals surface area contributed by atoms with Crippen LogP contribution in [0.5, 0.6) is 0 Å². The van der Waals surface area contributed by atoms with Crippen molar-refractivity contribution in [1.82, 2.24) is 0 Å². The first kappa shape index (κ1) is 16.1. The normalized spacial score (nSPS) is 13.5. The van der Waals surface area contributed by atoms with Gasteiger partial charge in [-0.05, 0) is 48.4 Å². The van der Waals surface area contributed by atoms with E-state index in [1.54, 1.807) is 12.3 Å². The summed E-state index contributed by atoms with van der Waals surface area (Å²) >= 11 is 0. The van der Waals surface area contributed by atoms with E-state index in [-0.39, 0.29) is 11.7 Å². The lowest BCUT2D eigenvalue weighted by Crippen LogP contribution is -2.12. The van der Waals surface area contributed by atoms with Gasteiger partial charge in [0, 0.05) is 17.7 Å². The number of ether oxygens (including phenoxy) is 2. The molecule has 1 aliphatic rings. The highest BCUT2D eigenvalue weighted by Gasteiger charge is 2.09. The molecule has 0 aliphatic carbocycles. The van der Waals surface area contributed by atoms with E-state index in [1.165, 1.54) is 12.1 Å². The smallest absolute Gasteiger partial charge is 0.224 e. The fraction of sp³-hybridized carbons (Fsp3) is 0.211. The van der Waals surface area contributed by atoms with E-state index in [1.807, 2.05) is 30.3 Å². The van der Waals surface area contributed by atoms with Crippen molar-refractivity contribution in [1.29, 1.82) is 0 Å². The number of anilines is 1. The molecule has 1 N–H and O–H groups in total. The Kier molecular flexibility index (Phi) is 5.11. The molecule has 1 amide bonds. The molecule has 5 heteroatoms. The summed E-state index contributed by atoms with van der Waals surface area (Å²) in [6.07, 6.45) is 2.39. The van der Waals surface area contributed by atoms with Gasteiger partial charge < -0.3 is 14.8 Å². The number of halogens is 1. The molecule has 124 valence electrons. The summed E-state index contributed by atoms with van der Waals surface area (Å²) in [7, 11) is 0. The number of hydrogen-bond donors (Lipinski definition) is 1. The van der Waals surface area contributed by atoms with Crippen molar-refractivity contribution in [2.45, 2.75) is 12.8 Å². The van der Waals surface area contributed by atoms with Gasteiger partial charge in [-0.2, -0.15) is 0 Å². The number of carbonyl (C=O) groups excluding carboxylic acids is 1. The molecule has 2 aromatic carbocycles. The van der Waals surface area contributed by atoms with Gasteiger partial charge in [0.2, 0.25) is 5.91 Å². The van der Waals surface area contributed by atoms with Gasteiger partial charge in [0.25, 0.3) is 0 Å². The molecule has 0 saturated heterocycles. The van der Waals surface area contributed by atoms with Crippen molar-refractivity contribution in [2.24, 2.45) is 0 Å². The minimum absolute atomic E-state index is 0.108. The SMILES string of the molecule is O=C(CCc1cccc(F)c1)Nc1ccc(C2=COCCO2)cc1. The highest BCUT2D eigenvalue weighted by Crippen LogP contribution is 2.21. The second kappa shape index (κ2) is 7.64. The average molecular weight is 327 g/mol. The summed E-state index contributed by atoms with van der Waals surface area (Å²) in [5.41, 5.74) is 2.41. The maximum atomic E-state index is 13.1. The zero-order valence-corrected chi connectivity index (χ0v) is 13.1. The summed E-state index contributed by atoms with van der Waals surface area (Å²) in [4.78, 5) is 12.0. The van der Waals surface area contributed by atoms with E-state index in [4.69, 9.17) is 9.47 Å². The lowest BCUT2D eigenvalue weighted by atomic mass is 10.1. The van der Waals surface area contributed by atoms with Crippen molar-refractivity contribution >= 4 is 17.4 Å². The van der Waals surface area contributed by atoms with Crippen molar-refractivity contribution in [3.8, 4) is 0 Å². The second-order valence-corrected chi connectivity index (χ2v) is 5.46. The summed E-state index contributed by atoms with van der Waals surface area (Å²) in [6.45, 7) is 1.09. The molecule has 0 aromatic heterocycles.